The molecule has 0 N–H and O–H groups in total. The number of hydrogen-bond acceptors (Lipinski definition) is 0. The minimum absolute atomic E-state index is 1.47. The minimum atomic E-state index is -3.17. The maximum absolute atomic E-state index is 12.0. The SMILES string of the molecule is [2H]C(F)(F)[Si](C)(C)C. The largest absolute Gasteiger partial charge is 0.220 e. The Morgan fingerprint density at radius 3 is 1.57 bits per heavy atom. The van der Waals surface area contributed by atoms with Crippen molar-refractivity contribution < 1.29 is 10.2 Å². The van der Waals surface area contributed by atoms with Crippen molar-refractivity contribution >= 4 is 8.07 Å². The molecule has 0 amide bonds. The first-order valence-electron chi connectivity index (χ1n) is 2.63. The molecule has 0 bridgehead atoms. The smallest absolute Gasteiger partial charge is 0.216 e. The van der Waals surface area contributed by atoms with Crippen molar-refractivity contribution in [3.05, 3.63) is 0 Å². The standard InChI is InChI=1S/C4H10F2Si/c1-7(2,3)4(5)6/h4H,1-3H3/i4D. The highest BCUT2D eigenvalue weighted by Gasteiger charge is 2.25. The first-order chi connectivity index (χ1) is 3.25. The van der Waals surface area contributed by atoms with Crippen LogP contribution in [0.5, 0.6) is 0 Å². The highest BCUT2D eigenvalue weighted by atomic mass is 28.3. The zero-order chi connectivity index (χ0) is 7.00. The molecule has 0 saturated heterocycles. The topological polar surface area (TPSA) is 0 Å². The van der Waals surface area contributed by atoms with Crippen molar-refractivity contribution in [3.63, 3.8) is 0 Å². The van der Waals surface area contributed by atoms with Crippen LogP contribution in [0, 0.1) is 0 Å². The van der Waals surface area contributed by atoms with Crippen LogP contribution in [0.2, 0.25) is 19.6 Å². The van der Waals surface area contributed by atoms with Crippen LogP contribution in [-0.4, -0.2) is 14.1 Å². The van der Waals surface area contributed by atoms with E-state index in [1.807, 2.05) is 0 Å². The molecule has 0 spiro atoms. The summed E-state index contributed by atoms with van der Waals surface area (Å²) in [5.41, 5.74) is 0. The molecule has 3 heteroatoms. The lowest BCUT2D eigenvalue weighted by molar-refractivity contribution is 0.228. The van der Waals surface area contributed by atoms with Crippen LogP contribution in [0.25, 0.3) is 0 Å². The van der Waals surface area contributed by atoms with Gasteiger partial charge in [0.1, 0.15) is 8.07 Å². The van der Waals surface area contributed by atoms with Crippen LogP contribution in [0.4, 0.5) is 8.78 Å². The summed E-state index contributed by atoms with van der Waals surface area (Å²) in [7, 11) is -2.53. The number of halogens is 2. The molecule has 7 heavy (non-hydrogen) atoms. The van der Waals surface area contributed by atoms with Crippen molar-refractivity contribution in [1.82, 2.24) is 0 Å². The second kappa shape index (κ2) is 1.90. The van der Waals surface area contributed by atoms with Gasteiger partial charge in [-0.25, -0.2) is 8.78 Å². The Morgan fingerprint density at radius 2 is 1.57 bits per heavy atom. The summed E-state index contributed by atoms with van der Waals surface area (Å²) < 4.78 is 30.2. The highest BCUT2D eigenvalue weighted by molar-refractivity contribution is 6.76. The molecule has 0 fully saturated rings. The van der Waals surface area contributed by atoms with Gasteiger partial charge in [-0.1, -0.05) is 19.6 Å². The predicted molar refractivity (Wildman–Crippen MR) is 29.3 cm³/mol. The lowest BCUT2D eigenvalue weighted by Gasteiger charge is -2.11. The van der Waals surface area contributed by atoms with Crippen LogP contribution in [-0.2, 0) is 0 Å². The van der Waals surface area contributed by atoms with Gasteiger partial charge in [-0.2, -0.15) is 0 Å². The van der Waals surface area contributed by atoms with Gasteiger partial charge in [-0.05, 0) is 0 Å². The fourth-order valence-electron chi connectivity index (χ4n) is 0. The molecule has 0 aromatic rings. The van der Waals surface area contributed by atoms with Crippen LogP contribution < -0.4 is 0 Å². The molecule has 44 valence electrons. The lowest BCUT2D eigenvalue weighted by atomic mass is 11.6. The predicted octanol–water partition coefficient (Wildman–Crippen LogP) is 2.13. The van der Waals surface area contributed by atoms with Crippen molar-refractivity contribution in [1.29, 1.82) is 0 Å². The van der Waals surface area contributed by atoms with Gasteiger partial charge in [0.25, 0.3) is 0 Å². The van der Waals surface area contributed by atoms with E-state index in [9.17, 15) is 8.78 Å². The van der Waals surface area contributed by atoms with Gasteiger partial charge < -0.3 is 0 Å². The molecule has 0 unspecified atom stereocenters. The van der Waals surface area contributed by atoms with Gasteiger partial charge in [-0.15, -0.1) is 0 Å². The van der Waals surface area contributed by atoms with E-state index in [0.717, 1.165) is 0 Å². The zero-order valence-corrected chi connectivity index (χ0v) is 5.76. The Balaban J connectivity index is 4.02. The molecule has 0 rings (SSSR count). The second-order valence-electron chi connectivity index (χ2n) is 2.51. The average molecular weight is 125 g/mol. The third-order valence-electron chi connectivity index (χ3n) is 0.567. The summed E-state index contributed by atoms with van der Waals surface area (Å²) in [6.45, 7) is 4.42. The highest BCUT2D eigenvalue weighted by Crippen LogP contribution is 2.11. The quantitative estimate of drug-likeness (QED) is 0.471. The molecule has 0 atom stereocenters. The van der Waals surface area contributed by atoms with Crippen molar-refractivity contribution in [3.8, 4) is 0 Å². The van der Waals surface area contributed by atoms with E-state index in [0.29, 0.717) is 0 Å². The van der Waals surface area contributed by atoms with E-state index in [2.05, 4.69) is 0 Å². The van der Waals surface area contributed by atoms with E-state index >= 15 is 0 Å². The molecule has 0 radical (unpaired) electrons. The maximum Gasteiger partial charge on any atom is 0.220 e. The maximum atomic E-state index is 12.0. The van der Waals surface area contributed by atoms with E-state index in [1.165, 1.54) is 19.6 Å². The number of hydrogen-bond donors (Lipinski definition) is 0. The summed E-state index contributed by atoms with van der Waals surface area (Å²) in [6.07, 6.45) is 0. The number of alkyl halides is 2. The fraction of sp³-hybridized carbons (Fsp3) is 1.00. The van der Waals surface area contributed by atoms with E-state index in [4.69, 9.17) is 1.37 Å². The van der Waals surface area contributed by atoms with Crippen LogP contribution in [0.15, 0.2) is 0 Å². The van der Waals surface area contributed by atoms with E-state index in [1.54, 1.807) is 0 Å². The molecule has 0 saturated carbocycles. The van der Waals surface area contributed by atoms with Crippen molar-refractivity contribution in [2.75, 3.05) is 0 Å². The zero-order valence-electron chi connectivity index (χ0n) is 5.76. The van der Waals surface area contributed by atoms with E-state index < -0.39 is 14.1 Å². The summed E-state index contributed by atoms with van der Waals surface area (Å²) in [5.74, 6) is 0. The monoisotopic (exact) mass is 125 g/mol. The molecule has 0 aromatic heterocycles. The summed E-state index contributed by atoms with van der Waals surface area (Å²) in [6, 6.07) is -3.17. The van der Waals surface area contributed by atoms with Crippen LogP contribution in [0.3, 0.4) is 0 Å². The number of rotatable bonds is 1. The molecule has 0 nitrogen and oxygen atoms in total. The first kappa shape index (κ1) is 5.22. The lowest BCUT2D eigenvalue weighted by Crippen LogP contribution is -2.30. The minimum Gasteiger partial charge on any atom is -0.216 e. The summed E-state index contributed by atoms with van der Waals surface area (Å²) in [5, 5.41) is 0. The Kier molecular flexibility index (Phi) is 1.42. The second-order valence-corrected chi connectivity index (χ2v) is 7.39. The Bertz CT molecular complexity index is 69.0. The van der Waals surface area contributed by atoms with Gasteiger partial charge in [0.15, 0.2) is 0 Å². The Morgan fingerprint density at radius 1 is 1.43 bits per heavy atom. The fourth-order valence-corrected chi connectivity index (χ4v) is 0. The molecule has 0 aliphatic rings. The van der Waals surface area contributed by atoms with E-state index in [-0.39, 0.29) is 0 Å². The van der Waals surface area contributed by atoms with Crippen molar-refractivity contribution in [2.24, 2.45) is 0 Å². The van der Waals surface area contributed by atoms with Crippen molar-refractivity contribution in [2.45, 2.75) is 25.7 Å². The normalized spacial score (nSPS) is 16.4. The third kappa shape index (κ3) is 2.74. The summed E-state index contributed by atoms with van der Waals surface area (Å²) in [4.78, 5) is 0. The third-order valence-corrected chi connectivity index (χ3v) is 1.70. The molecular weight excluding hydrogens is 114 g/mol. The average Bonchev–Trinajstić information content (AvgIpc) is 1.25. The first-order valence-corrected chi connectivity index (χ1v) is 5.63. The Hall–Kier alpha value is 0.0769. The van der Waals surface area contributed by atoms with Gasteiger partial charge in [0.2, 0.25) is 6.02 Å². The summed E-state index contributed by atoms with van der Waals surface area (Å²) >= 11 is 0. The van der Waals surface area contributed by atoms with Gasteiger partial charge in [0.05, 0.1) is 1.37 Å². The van der Waals surface area contributed by atoms with Gasteiger partial charge in [-0.3, -0.25) is 0 Å². The molecule has 0 aromatic carbocycles. The van der Waals surface area contributed by atoms with Gasteiger partial charge in [0, 0.05) is 0 Å². The molecule has 0 heterocycles. The molecule has 0 aliphatic heterocycles. The Labute approximate surface area is 45.0 Å². The van der Waals surface area contributed by atoms with Gasteiger partial charge >= 0.3 is 0 Å². The van der Waals surface area contributed by atoms with Crippen LogP contribution in [0.1, 0.15) is 1.37 Å². The van der Waals surface area contributed by atoms with Crippen LogP contribution >= 0.6 is 0 Å². The molecule has 0 aliphatic carbocycles. The molecular formula is C4H10F2Si.